The standard InChI is InChI=1S/C16H19N3O4S2/c1-9-5-10(2)11(3)12(6-9)23-7-13(20)17-15-18-19-16(25-15)24-8-14(21)22-4/h5-6H,7-8H2,1-4H3,(H,17,18,20). The number of carbonyl (C=O) groups excluding carboxylic acids is 2. The van der Waals surface area contributed by atoms with Gasteiger partial charge in [-0.3, -0.25) is 14.9 Å². The maximum atomic E-state index is 12.0. The van der Waals surface area contributed by atoms with Crippen molar-refractivity contribution in [2.45, 2.75) is 25.1 Å². The number of nitrogens with zero attached hydrogens (tertiary/aromatic N) is 2. The van der Waals surface area contributed by atoms with E-state index in [0.717, 1.165) is 16.7 Å². The first-order valence-electron chi connectivity index (χ1n) is 7.42. The first-order valence-corrected chi connectivity index (χ1v) is 9.23. The number of esters is 1. The highest BCUT2D eigenvalue weighted by Crippen LogP contribution is 2.26. The summed E-state index contributed by atoms with van der Waals surface area (Å²) in [4.78, 5) is 23.1. The van der Waals surface area contributed by atoms with Gasteiger partial charge in [0, 0.05) is 0 Å². The number of benzene rings is 1. The molecule has 0 aliphatic carbocycles. The monoisotopic (exact) mass is 381 g/mol. The molecule has 0 spiro atoms. The summed E-state index contributed by atoms with van der Waals surface area (Å²) in [5.74, 6) is 0.176. The van der Waals surface area contributed by atoms with Crippen molar-refractivity contribution in [1.82, 2.24) is 10.2 Å². The molecule has 0 radical (unpaired) electrons. The van der Waals surface area contributed by atoms with Crippen LogP contribution in [-0.4, -0.2) is 41.5 Å². The summed E-state index contributed by atoms with van der Waals surface area (Å²) in [6, 6.07) is 3.97. The summed E-state index contributed by atoms with van der Waals surface area (Å²) in [5.41, 5.74) is 3.21. The van der Waals surface area contributed by atoms with E-state index in [2.05, 4.69) is 26.3 Å². The van der Waals surface area contributed by atoms with Crippen molar-refractivity contribution in [3.63, 3.8) is 0 Å². The Bertz CT molecular complexity index is 777. The number of nitrogens with one attached hydrogen (secondary N) is 1. The third-order valence-corrected chi connectivity index (χ3v) is 5.26. The summed E-state index contributed by atoms with van der Waals surface area (Å²) in [5, 5.41) is 10.8. The third kappa shape index (κ3) is 5.71. The van der Waals surface area contributed by atoms with Crippen LogP contribution in [0.3, 0.4) is 0 Å². The SMILES string of the molecule is COC(=O)CSc1nnc(NC(=O)COc2cc(C)cc(C)c2C)s1. The van der Waals surface area contributed by atoms with Crippen LogP contribution in [0.15, 0.2) is 16.5 Å². The quantitative estimate of drug-likeness (QED) is 0.448. The molecule has 7 nitrogen and oxygen atoms in total. The average molecular weight is 381 g/mol. The highest BCUT2D eigenvalue weighted by atomic mass is 32.2. The van der Waals surface area contributed by atoms with Gasteiger partial charge in [0.15, 0.2) is 10.9 Å². The molecular formula is C16H19N3O4S2. The van der Waals surface area contributed by atoms with Crippen molar-refractivity contribution < 1.29 is 19.1 Å². The smallest absolute Gasteiger partial charge is 0.316 e. The van der Waals surface area contributed by atoms with Crippen molar-refractivity contribution in [3.05, 3.63) is 28.8 Å². The molecule has 9 heteroatoms. The zero-order valence-corrected chi connectivity index (χ0v) is 16.0. The number of aromatic nitrogens is 2. The van der Waals surface area contributed by atoms with Crippen molar-refractivity contribution in [2.24, 2.45) is 0 Å². The zero-order valence-electron chi connectivity index (χ0n) is 14.4. The fourth-order valence-electron chi connectivity index (χ4n) is 1.95. The largest absolute Gasteiger partial charge is 0.483 e. The number of ether oxygens (including phenoxy) is 2. The van der Waals surface area contributed by atoms with Gasteiger partial charge in [-0.1, -0.05) is 29.2 Å². The van der Waals surface area contributed by atoms with Gasteiger partial charge in [0.2, 0.25) is 5.13 Å². The Morgan fingerprint density at radius 1 is 1.24 bits per heavy atom. The molecule has 25 heavy (non-hydrogen) atoms. The number of amides is 1. The van der Waals surface area contributed by atoms with Gasteiger partial charge >= 0.3 is 5.97 Å². The highest BCUT2D eigenvalue weighted by molar-refractivity contribution is 8.01. The Kier molecular flexibility index (Phi) is 6.77. The van der Waals surface area contributed by atoms with Crippen LogP contribution in [0.25, 0.3) is 0 Å². The van der Waals surface area contributed by atoms with Gasteiger partial charge < -0.3 is 9.47 Å². The van der Waals surface area contributed by atoms with Gasteiger partial charge in [0.1, 0.15) is 5.75 Å². The van der Waals surface area contributed by atoms with Crippen LogP contribution >= 0.6 is 23.1 Å². The number of anilines is 1. The van der Waals surface area contributed by atoms with Crippen LogP contribution in [0.4, 0.5) is 5.13 Å². The lowest BCUT2D eigenvalue weighted by Crippen LogP contribution is -2.20. The second kappa shape index (κ2) is 8.82. The minimum Gasteiger partial charge on any atom is -0.483 e. The fraction of sp³-hybridized carbons (Fsp3) is 0.375. The maximum Gasteiger partial charge on any atom is 0.316 e. The van der Waals surface area contributed by atoms with Crippen LogP contribution in [-0.2, 0) is 14.3 Å². The highest BCUT2D eigenvalue weighted by Gasteiger charge is 2.12. The van der Waals surface area contributed by atoms with Gasteiger partial charge in [0.25, 0.3) is 5.91 Å². The second-order valence-corrected chi connectivity index (χ2v) is 7.48. The minimum absolute atomic E-state index is 0.117. The number of hydrogen-bond donors (Lipinski definition) is 1. The molecule has 1 amide bonds. The van der Waals surface area contributed by atoms with E-state index >= 15 is 0 Å². The number of methoxy groups -OCH3 is 1. The van der Waals surface area contributed by atoms with Crippen LogP contribution in [0.1, 0.15) is 16.7 Å². The van der Waals surface area contributed by atoms with Gasteiger partial charge in [0.05, 0.1) is 12.9 Å². The molecule has 2 aromatic rings. The molecule has 0 saturated carbocycles. The minimum atomic E-state index is -0.344. The number of rotatable bonds is 7. The predicted molar refractivity (Wildman–Crippen MR) is 97.4 cm³/mol. The molecule has 0 bridgehead atoms. The summed E-state index contributed by atoms with van der Waals surface area (Å²) < 4.78 is 10.7. The van der Waals surface area contributed by atoms with Crippen molar-refractivity contribution in [2.75, 3.05) is 24.8 Å². The Morgan fingerprint density at radius 3 is 2.72 bits per heavy atom. The van der Waals surface area contributed by atoms with Crippen LogP contribution < -0.4 is 10.1 Å². The lowest BCUT2D eigenvalue weighted by Gasteiger charge is -2.11. The molecule has 134 valence electrons. The van der Waals surface area contributed by atoms with E-state index in [-0.39, 0.29) is 24.2 Å². The van der Waals surface area contributed by atoms with Crippen LogP contribution in [0, 0.1) is 20.8 Å². The predicted octanol–water partition coefficient (Wildman–Crippen LogP) is 2.75. The molecule has 1 aromatic heterocycles. The van der Waals surface area contributed by atoms with Gasteiger partial charge in [-0.2, -0.15) is 0 Å². The molecular weight excluding hydrogens is 362 g/mol. The van der Waals surface area contributed by atoms with Crippen molar-refractivity contribution >= 4 is 40.1 Å². The average Bonchev–Trinajstić information content (AvgIpc) is 3.01. The second-order valence-electron chi connectivity index (χ2n) is 5.28. The number of aryl methyl sites for hydroxylation is 2. The number of thioether (sulfide) groups is 1. The molecule has 1 aromatic carbocycles. The lowest BCUT2D eigenvalue weighted by molar-refractivity contribution is -0.137. The number of hydrogen-bond acceptors (Lipinski definition) is 8. The van der Waals surface area contributed by atoms with Crippen LogP contribution in [0.5, 0.6) is 5.75 Å². The van der Waals surface area contributed by atoms with E-state index in [1.54, 1.807) is 0 Å². The molecule has 0 aliphatic rings. The summed E-state index contributed by atoms with van der Waals surface area (Å²) in [6.07, 6.45) is 0. The van der Waals surface area contributed by atoms with E-state index in [9.17, 15) is 9.59 Å². The Labute approximate surface area is 154 Å². The van der Waals surface area contributed by atoms with E-state index in [4.69, 9.17) is 4.74 Å². The van der Waals surface area contributed by atoms with Gasteiger partial charge in [-0.25, -0.2) is 0 Å². The van der Waals surface area contributed by atoms with Crippen molar-refractivity contribution in [1.29, 1.82) is 0 Å². The topological polar surface area (TPSA) is 90.4 Å². The van der Waals surface area contributed by atoms with Crippen molar-refractivity contribution in [3.8, 4) is 5.75 Å². The third-order valence-electron chi connectivity index (χ3n) is 3.32. The molecule has 0 saturated heterocycles. The van der Waals surface area contributed by atoms with E-state index < -0.39 is 0 Å². The van der Waals surface area contributed by atoms with E-state index in [1.807, 2.05) is 26.8 Å². The zero-order chi connectivity index (χ0) is 18.4. The first-order chi connectivity index (χ1) is 11.9. The molecule has 1 N–H and O–H groups in total. The molecule has 0 fully saturated rings. The Balaban J connectivity index is 1.87. The molecule has 0 aliphatic heterocycles. The van der Waals surface area contributed by atoms with E-state index in [1.165, 1.54) is 30.2 Å². The van der Waals surface area contributed by atoms with E-state index in [0.29, 0.717) is 15.2 Å². The normalized spacial score (nSPS) is 10.4. The van der Waals surface area contributed by atoms with Crippen LogP contribution in [0.2, 0.25) is 0 Å². The van der Waals surface area contributed by atoms with Gasteiger partial charge in [-0.15, -0.1) is 10.2 Å². The lowest BCUT2D eigenvalue weighted by atomic mass is 10.1. The molecule has 2 rings (SSSR count). The summed E-state index contributed by atoms with van der Waals surface area (Å²) in [7, 11) is 1.33. The number of carbonyl (C=O) groups is 2. The molecule has 1 heterocycles. The molecule has 0 atom stereocenters. The summed E-state index contributed by atoms with van der Waals surface area (Å²) in [6.45, 7) is 5.82. The van der Waals surface area contributed by atoms with Gasteiger partial charge in [-0.05, 0) is 43.5 Å². The Morgan fingerprint density at radius 2 is 2.00 bits per heavy atom. The fourth-order valence-corrected chi connectivity index (χ4v) is 3.55. The molecule has 0 unspecified atom stereocenters. The first kappa shape index (κ1) is 19.2. The summed E-state index contributed by atoms with van der Waals surface area (Å²) >= 11 is 2.39. The maximum absolute atomic E-state index is 12.0. The Hall–Kier alpha value is -2.13.